The predicted molar refractivity (Wildman–Crippen MR) is 175 cm³/mol. The first-order chi connectivity index (χ1) is 20.3. The molecule has 208 valence electrons. The van der Waals surface area contributed by atoms with Crippen LogP contribution in [-0.2, 0) is 0 Å². The average molecular weight is 673 g/mol. The van der Waals surface area contributed by atoms with Crippen LogP contribution in [0.5, 0.6) is 0 Å². The van der Waals surface area contributed by atoms with E-state index >= 15 is 0 Å². The number of nitrogens with one attached hydrogen (secondary N) is 4. The molecule has 7 rings (SSSR count). The van der Waals surface area contributed by atoms with Crippen molar-refractivity contribution in [1.29, 1.82) is 0 Å². The predicted octanol–water partition coefficient (Wildman–Crippen LogP) is 5.92. The van der Waals surface area contributed by atoms with E-state index in [1.165, 1.54) is 0 Å². The van der Waals surface area contributed by atoms with Gasteiger partial charge in [0.2, 0.25) is 0 Å². The number of H-pyrrole nitrogens is 4. The van der Waals surface area contributed by atoms with E-state index in [4.69, 9.17) is 69.6 Å². The first-order valence-corrected chi connectivity index (χ1v) is 14.8. The van der Waals surface area contributed by atoms with Crippen LogP contribution < -0.4 is 21.4 Å². The number of fused-ring (bicyclic) bond motifs is 10. The standard InChI is InChI=1S/C30H16Cl6N6/c31-25-13-1-2-14(37-13)26(32)16-5-6-18(39-16)28(34)20-9-10-22(41-20)30(36)24-12-11-23(42-24)29(35)21-8-7-19(40-21)27(33)17-4-3-15(25)38-17/h1-12,37-40H. The summed E-state index contributed by atoms with van der Waals surface area (Å²) in [5, 5.41) is 5.22. The van der Waals surface area contributed by atoms with E-state index < -0.39 is 0 Å². The second kappa shape index (κ2) is 10.7. The number of aliphatic imine (C=N–C) groups is 2. The lowest BCUT2D eigenvalue weighted by Gasteiger charge is -2.00. The average Bonchev–Trinajstić information content (AvgIpc) is 3.86. The zero-order chi connectivity index (χ0) is 29.1. The topological polar surface area (TPSA) is 87.9 Å². The number of rotatable bonds is 0. The third-order valence-electron chi connectivity index (χ3n) is 6.82. The van der Waals surface area contributed by atoms with E-state index in [2.05, 4.69) is 29.9 Å². The Labute approximate surface area is 268 Å². The Bertz CT molecular complexity index is 2260. The molecule has 3 aliphatic rings. The van der Waals surface area contributed by atoms with Gasteiger partial charge in [-0.1, -0.05) is 69.6 Å². The van der Waals surface area contributed by atoms with Crippen LogP contribution in [0.2, 0.25) is 0 Å². The monoisotopic (exact) mass is 670 g/mol. The van der Waals surface area contributed by atoms with E-state index in [1.807, 2.05) is 48.5 Å². The molecular formula is C30H16Cl6N6. The van der Waals surface area contributed by atoms with Crippen LogP contribution in [0.25, 0.3) is 25.2 Å². The molecule has 12 bridgehead atoms. The van der Waals surface area contributed by atoms with Crippen molar-refractivity contribution in [3.8, 4) is 0 Å². The highest BCUT2D eigenvalue weighted by atomic mass is 35.5. The second-order valence-electron chi connectivity index (χ2n) is 9.46. The van der Waals surface area contributed by atoms with Gasteiger partial charge in [0.1, 0.15) is 0 Å². The van der Waals surface area contributed by atoms with Crippen LogP contribution in [0, 0.1) is 0 Å². The Kier molecular flexibility index (Phi) is 7.02. The molecule has 0 radical (unpaired) electrons. The maximum Gasteiger partial charge on any atom is 0.0919 e. The van der Waals surface area contributed by atoms with Gasteiger partial charge in [-0.05, 0) is 72.8 Å². The Hall–Kier alpha value is -3.36. The minimum Gasteiger partial charge on any atom is -0.353 e. The van der Waals surface area contributed by atoms with Crippen LogP contribution in [0.3, 0.4) is 0 Å². The lowest BCUT2D eigenvalue weighted by Crippen LogP contribution is -2.15. The number of aromatic amines is 4. The Morgan fingerprint density at radius 2 is 0.714 bits per heavy atom. The van der Waals surface area contributed by atoms with Crippen molar-refractivity contribution < 1.29 is 0 Å². The highest BCUT2D eigenvalue weighted by Gasteiger charge is 2.19. The third-order valence-corrected chi connectivity index (χ3v) is 9.22. The molecular weight excluding hydrogens is 657 g/mol. The first kappa shape index (κ1) is 27.5. The molecule has 4 aromatic heterocycles. The van der Waals surface area contributed by atoms with Gasteiger partial charge in [-0.3, -0.25) is 0 Å². The van der Waals surface area contributed by atoms with Gasteiger partial charge in [-0.15, -0.1) is 0 Å². The minimum atomic E-state index is 0.364. The molecule has 42 heavy (non-hydrogen) atoms. The number of hydrogen-bond acceptors (Lipinski definition) is 2. The molecule has 7 heterocycles. The van der Waals surface area contributed by atoms with E-state index in [9.17, 15) is 0 Å². The minimum absolute atomic E-state index is 0.364. The van der Waals surface area contributed by atoms with Crippen LogP contribution in [0.4, 0.5) is 0 Å². The van der Waals surface area contributed by atoms with Gasteiger partial charge in [0.25, 0.3) is 0 Å². The largest absolute Gasteiger partial charge is 0.353 e. The van der Waals surface area contributed by atoms with Gasteiger partial charge in [-0.2, -0.15) is 0 Å². The highest BCUT2D eigenvalue weighted by molar-refractivity contribution is 6.63. The van der Waals surface area contributed by atoms with Gasteiger partial charge < -0.3 is 19.9 Å². The first-order valence-electron chi connectivity index (χ1n) is 12.5. The van der Waals surface area contributed by atoms with Gasteiger partial charge >= 0.3 is 0 Å². The molecule has 0 spiro atoms. The maximum atomic E-state index is 6.76. The quantitative estimate of drug-likeness (QED) is 0.179. The zero-order valence-corrected chi connectivity index (χ0v) is 25.6. The van der Waals surface area contributed by atoms with E-state index in [0.717, 1.165) is 0 Å². The summed E-state index contributed by atoms with van der Waals surface area (Å²) in [6, 6.07) is 14.7. The molecule has 3 aliphatic heterocycles. The Balaban J connectivity index is 1.45. The number of nitrogens with zero attached hydrogens (tertiary/aromatic N) is 2. The van der Waals surface area contributed by atoms with E-state index in [1.54, 1.807) is 24.3 Å². The number of hydrogen-bond donors (Lipinski definition) is 4. The molecule has 0 amide bonds. The molecule has 0 saturated heterocycles. The summed E-state index contributed by atoms with van der Waals surface area (Å²) >= 11 is 40.4. The van der Waals surface area contributed by atoms with Crippen LogP contribution in [-0.4, -0.2) is 31.4 Å². The molecule has 0 fully saturated rings. The van der Waals surface area contributed by atoms with Crippen molar-refractivity contribution in [3.05, 3.63) is 133 Å². The summed E-state index contributed by atoms with van der Waals surface area (Å²) in [6.07, 6.45) is 7.15. The fourth-order valence-electron chi connectivity index (χ4n) is 4.66. The van der Waals surface area contributed by atoms with Crippen molar-refractivity contribution in [1.82, 2.24) is 19.9 Å². The molecule has 0 atom stereocenters. The van der Waals surface area contributed by atoms with Crippen molar-refractivity contribution in [2.45, 2.75) is 0 Å². The zero-order valence-electron chi connectivity index (χ0n) is 21.1. The summed E-state index contributed by atoms with van der Waals surface area (Å²) < 4.78 is 0. The highest BCUT2D eigenvalue weighted by Crippen LogP contribution is 2.31. The fraction of sp³-hybridized carbons (Fsp3) is 0. The summed E-state index contributed by atoms with van der Waals surface area (Å²) in [5.74, 6) is 0. The van der Waals surface area contributed by atoms with E-state index in [0.29, 0.717) is 97.2 Å². The molecule has 0 saturated carbocycles. The molecule has 0 aliphatic carbocycles. The van der Waals surface area contributed by atoms with Gasteiger partial charge in [-0.25, -0.2) is 9.98 Å². The Morgan fingerprint density at radius 1 is 0.357 bits per heavy atom. The normalized spacial score (nSPS) is 17.0. The van der Waals surface area contributed by atoms with Crippen molar-refractivity contribution in [2.75, 3.05) is 0 Å². The summed E-state index contributed by atoms with van der Waals surface area (Å²) in [5.41, 5.74) is 4.78. The van der Waals surface area contributed by atoms with Gasteiger partial charge in [0.15, 0.2) is 0 Å². The van der Waals surface area contributed by atoms with Crippen molar-refractivity contribution >= 4 is 106 Å². The number of aromatic nitrogens is 4. The lowest BCUT2D eigenvalue weighted by atomic mass is 10.2. The molecule has 0 unspecified atom stereocenters. The number of halogens is 6. The van der Waals surface area contributed by atoms with Gasteiger partial charge in [0, 0.05) is 0 Å². The third kappa shape index (κ3) is 4.78. The van der Waals surface area contributed by atoms with Crippen molar-refractivity contribution in [3.63, 3.8) is 0 Å². The molecule has 4 N–H and O–H groups in total. The van der Waals surface area contributed by atoms with Crippen LogP contribution >= 0.6 is 69.6 Å². The SMILES string of the molecule is ClC1=C2C=CC(=N2)C(Cl)=c2ccc([nH]2)=C(Cl)c2ccc([nH]2)C(Cl)=c2ccc([nH]2)=C(Cl)c2ccc([nH]2)C(Cl)=C2C=CC1=N2. The fourth-order valence-corrected chi connectivity index (χ4v) is 5.96. The van der Waals surface area contributed by atoms with E-state index in [-0.39, 0.29) is 0 Å². The molecule has 6 nitrogen and oxygen atoms in total. The Morgan fingerprint density at radius 3 is 1.17 bits per heavy atom. The molecule has 4 aromatic rings. The van der Waals surface area contributed by atoms with Crippen molar-refractivity contribution in [2.24, 2.45) is 9.98 Å². The molecule has 12 heteroatoms. The van der Waals surface area contributed by atoms with Crippen LogP contribution in [0.1, 0.15) is 22.8 Å². The summed E-state index contributed by atoms with van der Waals surface area (Å²) in [7, 11) is 0. The number of allylic oxidation sites excluding steroid dienone is 5. The van der Waals surface area contributed by atoms with Gasteiger partial charge in [0.05, 0.1) is 97.2 Å². The maximum absolute atomic E-state index is 6.76. The smallest absolute Gasteiger partial charge is 0.0919 e. The summed E-state index contributed by atoms with van der Waals surface area (Å²) in [4.78, 5) is 22.3. The summed E-state index contributed by atoms with van der Waals surface area (Å²) in [6.45, 7) is 0. The second-order valence-corrected chi connectivity index (χ2v) is 11.7. The lowest BCUT2D eigenvalue weighted by molar-refractivity contribution is 1.23. The molecule has 0 aromatic carbocycles. The van der Waals surface area contributed by atoms with Crippen LogP contribution in [0.15, 0.2) is 99.2 Å².